The molecule has 1 saturated heterocycles. The van der Waals surface area contributed by atoms with Crippen molar-refractivity contribution in [2.45, 2.75) is 44.6 Å². The van der Waals surface area contributed by atoms with E-state index in [0.29, 0.717) is 25.0 Å². The number of rotatable bonds is 5. The highest BCUT2D eigenvalue weighted by molar-refractivity contribution is 7.89. The van der Waals surface area contributed by atoms with Gasteiger partial charge >= 0.3 is 0 Å². The molecular weight excluding hydrogens is 238 g/mol. The first kappa shape index (κ1) is 13.3. The van der Waals surface area contributed by atoms with Crippen LogP contribution in [-0.4, -0.2) is 44.8 Å². The van der Waals surface area contributed by atoms with Crippen LogP contribution in [0, 0.1) is 5.92 Å². The molecule has 5 heteroatoms. The maximum absolute atomic E-state index is 12.1. The Morgan fingerprint density at radius 3 is 2.76 bits per heavy atom. The first-order valence-corrected chi connectivity index (χ1v) is 8.24. The van der Waals surface area contributed by atoms with Crippen molar-refractivity contribution in [2.24, 2.45) is 5.92 Å². The molecule has 1 aliphatic carbocycles. The van der Waals surface area contributed by atoms with E-state index in [1.54, 1.807) is 11.4 Å². The molecule has 0 aromatic carbocycles. The predicted octanol–water partition coefficient (Wildman–Crippen LogP) is 1.62. The number of methoxy groups -OCH3 is 1. The van der Waals surface area contributed by atoms with Crippen LogP contribution in [0.4, 0.5) is 0 Å². The van der Waals surface area contributed by atoms with Crippen molar-refractivity contribution in [1.29, 1.82) is 0 Å². The highest BCUT2D eigenvalue weighted by Gasteiger charge is 2.44. The molecule has 100 valence electrons. The van der Waals surface area contributed by atoms with E-state index < -0.39 is 10.0 Å². The molecule has 1 aliphatic heterocycles. The van der Waals surface area contributed by atoms with Crippen molar-refractivity contribution in [3.63, 3.8) is 0 Å². The van der Waals surface area contributed by atoms with Crippen molar-refractivity contribution in [3.8, 4) is 0 Å². The number of hydrogen-bond acceptors (Lipinski definition) is 3. The minimum absolute atomic E-state index is 0.240. The predicted molar refractivity (Wildman–Crippen MR) is 67.3 cm³/mol. The second kappa shape index (κ2) is 5.67. The van der Waals surface area contributed by atoms with E-state index in [9.17, 15) is 8.42 Å². The van der Waals surface area contributed by atoms with Gasteiger partial charge in [0.25, 0.3) is 0 Å². The fourth-order valence-electron chi connectivity index (χ4n) is 3.01. The topological polar surface area (TPSA) is 46.6 Å². The van der Waals surface area contributed by atoms with Gasteiger partial charge < -0.3 is 4.74 Å². The molecule has 1 saturated carbocycles. The molecule has 2 aliphatic rings. The van der Waals surface area contributed by atoms with E-state index in [1.165, 1.54) is 25.7 Å². The summed E-state index contributed by atoms with van der Waals surface area (Å²) in [6.07, 6.45) is 6.62. The Kier molecular flexibility index (Phi) is 4.44. The zero-order valence-corrected chi connectivity index (χ0v) is 11.4. The Bertz CT molecular complexity index is 342. The van der Waals surface area contributed by atoms with Gasteiger partial charge in [-0.15, -0.1) is 0 Å². The number of nitrogens with zero attached hydrogens (tertiary/aromatic N) is 1. The van der Waals surface area contributed by atoms with Crippen LogP contribution in [0.15, 0.2) is 0 Å². The van der Waals surface area contributed by atoms with E-state index in [0.717, 1.165) is 13.0 Å². The Morgan fingerprint density at radius 2 is 2.00 bits per heavy atom. The summed E-state index contributed by atoms with van der Waals surface area (Å²) in [6.45, 7) is 1.29. The van der Waals surface area contributed by atoms with Gasteiger partial charge in [-0.05, 0) is 25.2 Å². The van der Waals surface area contributed by atoms with Gasteiger partial charge in [-0.1, -0.05) is 19.3 Å². The smallest absolute Gasteiger partial charge is 0.214 e. The summed E-state index contributed by atoms with van der Waals surface area (Å²) in [5.41, 5.74) is 0. The second-order valence-electron chi connectivity index (χ2n) is 5.20. The van der Waals surface area contributed by atoms with Crippen molar-refractivity contribution in [1.82, 2.24) is 4.31 Å². The number of ether oxygens (including phenoxy) is 1. The molecule has 0 aromatic rings. The number of hydrogen-bond donors (Lipinski definition) is 0. The summed E-state index contributed by atoms with van der Waals surface area (Å²) in [7, 11) is -1.42. The van der Waals surface area contributed by atoms with Crippen molar-refractivity contribution >= 4 is 10.0 Å². The third kappa shape index (κ3) is 3.01. The van der Waals surface area contributed by atoms with E-state index in [4.69, 9.17) is 4.74 Å². The molecule has 2 fully saturated rings. The van der Waals surface area contributed by atoms with Crippen LogP contribution in [0.1, 0.15) is 38.5 Å². The third-order valence-corrected chi connectivity index (χ3v) is 5.95. The molecule has 17 heavy (non-hydrogen) atoms. The summed E-state index contributed by atoms with van der Waals surface area (Å²) in [4.78, 5) is 0. The molecule has 0 N–H and O–H groups in total. The largest absolute Gasteiger partial charge is 0.385 e. The van der Waals surface area contributed by atoms with Gasteiger partial charge in [0.05, 0.1) is 5.75 Å². The quantitative estimate of drug-likeness (QED) is 0.706. The highest BCUT2D eigenvalue weighted by atomic mass is 32.2. The highest BCUT2D eigenvalue weighted by Crippen LogP contribution is 2.37. The average Bonchev–Trinajstić information content (AvgIpc) is 2.41. The molecule has 4 nitrogen and oxygen atoms in total. The Balaban J connectivity index is 1.90. The fourth-order valence-corrected chi connectivity index (χ4v) is 4.83. The van der Waals surface area contributed by atoms with E-state index in [-0.39, 0.29) is 5.75 Å². The van der Waals surface area contributed by atoms with Gasteiger partial charge in [-0.2, -0.15) is 4.31 Å². The molecule has 2 atom stereocenters. The normalized spacial score (nSPS) is 30.4. The van der Waals surface area contributed by atoms with Gasteiger partial charge in [0.15, 0.2) is 0 Å². The van der Waals surface area contributed by atoms with Gasteiger partial charge in [0.2, 0.25) is 10.0 Å². The minimum atomic E-state index is -3.03. The lowest BCUT2D eigenvalue weighted by molar-refractivity contribution is 0.0937. The van der Waals surface area contributed by atoms with Crippen LogP contribution in [0.2, 0.25) is 0 Å². The lowest BCUT2D eigenvalue weighted by atomic mass is 9.87. The van der Waals surface area contributed by atoms with Crippen LogP contribution in [0.25, 0.3) is 0 Å². The zero-order valence-electron chi connectivity index (χ0n) is 10.6. The van der Waals surface area contributed by atoms with Gasteiger partial charge in [-0.25, -0.2) is 8.42 Å². The van der Waals surface area contributed by atoms with Gasteiger partial charge in [0, 0.05) is 26.3 Å². The Labute approximate surface area is 104 Å². The molecule has 1 heterocycles. The summed E-state index contributed by atoms with van der Waals surface area (Å²) in [5.74, 6) is 0.874. The Morgan fingerprint density at radius 1 is 1.24 bits per heavy atom. The van der Waals surface area contributed by atoms with E-state index >= 15 is 0 Å². The first-order valence-electron chi connectivity index (χ1n) is 6.63. The standard InChI is InChI=1S/C12H23NO3S/c1-16-8-5-9-17(14,15)13-10-11-6-3-2-4-7-12(11)13/h11-12H,2-10H2,1H3/t11-,12-/m0/s1. The zero-order chi connectivity index (χ0) is 12.3. The molecule has 0 radical (unpaired) electrons. The molecular formula is C12H23NO3S. The molecule has 0 spiro atoms. The lowest BCUT2D eigenvalue weighted by Crippen LogP contribution is -2.58. The Hall–Kier alpha value is -0.130. The minimum Gasteiger partial charge on any atom is -0.385 e. The summed E-state index contributed by atoms with van der Waals surface area (Å²) >= 11 is 0. The molecule has 2 rings (SSSR count). The first-order chi connectivity index (χ1) is 8.15. The fraction of sp³-hybridized carbons (Fsp3) is 1.00. The van der Waals surface area contributed by atoms with Crippen LogP contribution in [0.3, 0.4) is 0 Å². The van der Waals surface area contributed by atoms with E-state index in [2.05, 4.69) is 0 Å². The molecule has 0 aromatic heterocycles. The maximum atomic E-state index is 12.1. The van der Waals surface area contributed by atoms with Crippen LogP contribution >= 0.6 is 0 Å². The molecule has 0 bridgehead atoms. The van der Waals surface area contributed by atoms with E-state index in [1.807, 2.05) is 0 Å². The van der Waals surface area contributed by atoms with Gasteiger partial charge in [-0.3, -0.25) is 0 Å². The lowest BCUT2D eigenvalue weighted by Gasteiger charge is -2.46. The summed E-state index contributed by atoms with van der Waals surface area (Å²) in [5, 5.41) is 0. The van der Waals surface area contributed by atoms with Crippen LogP contribution in [-0.2, 0) is 14.8 Å². The van der Waals surface area contributed by atoms with Crippen molar-refractivity contribution in [2.75, 3.05) is 26.0 Å². The molecule has 0 unspecified atom stereocenters. The summed E-state index contributed by atoms with van der Waals surface area (Å²) < 4.78 is 30.9. The van der Waals surface area contributed by atoms with Crippen LogP contribution < -0.4 is 0 Å². The third-order valence-electron chi connectivity index (χ3n) is 4.01. The maximum Gasteiger partial charge on any atom is 0.214 e. The summed E-state index contributed by atoms with van der Waals surface area (Å²) in [6, 6.07) is 0.310. The average molecular weight is 261 g/mol. The van der Waals surface area contributed by atoms with Gasteiger partial charge in [0.1, 0.15) is 0 Å². The SMILES string of the molecule is COCCCS(=O)(=O)N1C[C@@H]2CCCCC[C@@H]21. The number of sulfonamides is 1. The number of fused-ring (bicyclic) bond motifs is 1. The molecule has 0 amide bonds. The monoisotopic (exact) mass is 261 g/mol. The van der Waals surface area contributed by atoms with Crippen LogP contribution in [0.5, 0.6) is 0 Å². The second-order valence-corrected chi connectivity index (χ2v) is 7.24. The van der Waals surface area contributed by atoms with Crippen molar-refractivity contribution < 1.29 is 13.2 Å². The van der Waals surface area contributed by atoms with Crippen molar-refractivity contribution in [3.05, 3.63) is 0 Å².